The molecule has 9 atom stereocenters. The predicted octanol–water partition coefficient (Wildman–Crippen LogP) is 2.49. The molecule has 66 heavy (non-hydrogen) atoms. The molecule has 0 unspecified atom stereocenters. The van der Waals surface area contributed by atoms with Crippen LogP contribution in [0.5, 0.6) is 0 Å². The van der Waals surface area contributed by atoms with E-state index >= 15 is 0 Å². The molecule has 5 N–H and O–H groups in total. The van der Waals surface area contributed by atoms with Crippen molar-refractivity contribution in [2.75, 3.05) is 48.9 Å². The van der Waals surface area contributed by atoms with Gasteiger partial charge in [0, 0.05) is 55.3 Å². The van der Waals surface area contributed by atoms with E-state index in [1.165, 1.54) is 61.8 Å². The topological polar surface area (TPSA) is 229 Å². The fourth-order valence-corrected chi connectivity index (χ4v) is 7.97. The Hall–Kier alpha value is -4.32. The van der Waals surface area contributed by atoms with Crippen LogP contribution >= 0.6 is 0 Å². The Labute approximate surface area is 396 Å². The first-order valence-electron chi connectivity index (χ1n) is 23.9. The summed E-state index contributed by atoms with van der Waals surface area (Å²) in [4.78, 5) is 117. The van der Waals surface area contributed by atoms with Crippen LogP contribution in [0, 0.1) is 35.5 Å². The molecule has 0 bridgehead atoms. The molecule has 0 saturated carbocycles. The van der Waals surface area contributed by atoms with Crippen LogP contribution in [0.4, 0.5) is 0 Å². The summed E-state index contributed by atoms with van der Waals surface area (Å²) >= 11 is 0. The van der Waals surface area contributed by atoms with Gasteiger partial charge in [-0.15, -0.1) is 0 Å². The number of amides is 8. The van der Waals surface area contributed by atoms with Crippen molar-refractivity contribution in [3.63, 3.8) is 0 Å². The lowest BCUT2D eigenvalue weighted by Crippen LogP contribution is -2.63. The third-order valence-corrected chi connectivity index (χ3v) is 12.6. The highest BCUT2D eigenvalue weighted by atomic mass is 16.3. The van der Waals surface area contributed by atoms with Gasteiger partial charge in [-0.05, 0) is 74.5 Å². The van der Waals surface area contributed by atoms with Crippen LogP contribution in [-0.2, 0) is 38.4 Å². The zero-order chi connectivity index (χ0) is 51.7. The molecular formula is C48H90N8O10. The molecule has 18 heteroatoms. The molecule has 0 radical (unpaired) electrons. The molecule has 0 heterocycles. The zero-order valence-electron chi connectivity index (χ0n) is 43.9. The van der Waals surface area contributed by atoms with Crippen molar-refractivity contribution in [3.8, 4) is 0 Å². The van der Waals surface area contributed by atoms with Gasteiger partial charge in [-0.2, -0.15) is 0 Å². The average molecular weight is 939 g/mol. The summed E-state index contributed by atoms with van der Waals surface area (Å²) in [6.07, 6.45) is 0.132. The number of likely N-dealkylation sites (N-methyl/N-ethyl adjacent to an activating group) is 6. The zero-order valence-corrected chi connectivity index (χ0v) is 43.9. The number of nitrogens with zero attached hydrogens (tertiary/aromatic N) is 5. The van der Waals surface area contributed by atoms with Crippen molar-refractivity contribution in [3.05, 3.63) is 0 Å². The summed E-state index contributed by atoms with van der Waals surface area (Å²) in [7, 11) is 8.77. The Balaban J connectivity index is 6.83. The highest BCUT2D eigenvalue weighted by Gasteiger charge is 2.44. The molecule has 0 aromatic heterocycles. The molecular weight excluding hydrogens is 849 g/mol. The maximum absolute atomic E-state index is 14.7. The molecule has 0 saturated heterocycles. The molecule has 18 nitrogen and oxygen atoms in total. The van der Waals surface area contributed by atoms with E-state index in [1.807, 2.05) is 41.5 Å². The number of aliphatic hydroxyl groups excluding tert-OH is 2. The number of rotatable bonds is 28. The third kappa shape index (κ3) is 17.7. The normalized spacial score (nSPS) is 15.8. The number of carbonyl (C=O) groups is 8. The lowest BCUT2D eigenvalue weighted by molar-refractivity contribution is -0.156. The first-order valence-corrected chi connectivity index (χ1v) is 23.9. The van der Waals surface area contributed by atoms with Gasteiger partial charge < -0.3 is 50.7 Å². The standard InChI is InChI=1S/C48H90N8O10/c1-20-34(46(64)52(15)33(13)45(63)54(17)35(25-28(4)5)42(60)51-38(30(8)9)43(61)49-14)50-44(62)40(41(59)32(12)23-24-57)56(19)48(66)39(31(10)11)55(18)47(65)36(26-29(6)7)53(16)37(58)22-21-27(2)3/h27-36,38-41,57,59H,20-26H2,1-19H3,(H,49,61)(H,50,62)(H,51,60)/t32-,33-,34+,35+,36+,38+,39+,40+,41-/m1/s1. The quantitative estimate of drug-likeness (QED) is 0.0770. The minimum Gasteiger partial charge on any atom is -0.396 e. The fourth-order valence-electron chi connectivity index (χ4n) is 7.97. The largest absolute Gasteiger partial charge is 0.396 e. The van der Waals surface area contributed by atoms with Gasteiger partial charge >= 0.3 is 0 Å². The van der Waals surface area contributed by atoms with Crippen LogP contribution in [0.15, 0.2) is 0 Å². The molecule has 0 aromatic rings. The first-order chi connectivity index (χ1) is 30.4. The van der Waals surface area contributed by atoms with Gasteiger partial charge in [-0.3, -0.25) is 38.4 Å². The maximum atomic E-state index is 14.7. The van der Waals surface area contributed by atoms with Crippen molar-refractivity contribution in [2.24, 2.45) is 35.5 Å². The molecule has 0 aliphatic rings. The van der Waals surface area contributed by atoms with E-state index in [2.05, 4.69) is 16.0 Å². The van der Waals surface area contributed by atoms with E-state index in [1.54, 1.807) is 48.6 Å². The second-order valence-electron chi connectivity index (χ2n) is 20.1. The number of carbonyl (C=O) groups excluding carboxylic acids is 8. The lowest BCUT2D eigenvalue weighted by Gasteiger charge is -2.41. The van der Waals surface area contributed by atoms with Crippen LogP contribution in [0.1, 0.15) is 129 Å². The average Bonchev–Trinajstić information content (AvgIpc) is 3.24. The molecule has 0 fully saturated rings. The van der Waals surface area contributed by atoms with Crippen LogP contribution in [0.2, 0.25) is 0 Å². The minimum absolute atomic E-state index is 0.0217. The number of nitrogens with one attached hydrogen (secondary N) is 3. The van der Waals surface area contributed by atoms with E-state index in [0.29, 0.717) is 12.8 Å². The smallest absolute Gasteiger partial charge is 0.246 e. The SMILES string of the molecule is CC[C@H](NC(=O)[C@H]([C@H](O)[C@H](C)CCO)N(C)C(=O)[C@H](C(C)C)N(C)C(=O)[C@H](CC(C)C)N(C)C(=O)CCC(C)C)C(=O)N(C)[C@H](C)C(=O)N(C)[C@@H](CC(C)C)C(=O)N[C@H](C(=O)NC)C(C)C. The minimum atomic E-state index is -1.59. The van der Waals surface area contributed by atoms with Gasteiger partial charge in [0.25, 0.3) is 0 Å². The Bertz CT molecular complexity index is 1610. The van der Waals surface area contributed by atoms with Crippen molar-refractivity contribution in [1.29, 1.82) is 0 Å². The molecule has 382 valence electrons. The Morgan fingerprint density at radius 3 is 1.48 bits per heavy atom. The van der Waals surface area contributed by atoms with Crippen molar-refractivity contribution < 1.29 is 48.6 Å². The van der Waals surface area contributed by atoms with E-state index in [4.69, 9.17) is 0 Å². The van der Waals surface area contributed by atoms with Gasteiger partial charge in [0.2, 0.25) is 47.3 Å². The van der Waals surface area contributed by atoms with Crippen molar-refractivity contribution in [1.82, 2.24) is 40.4 Å². The van der Waals surface area contributed by atoms with E-state index < -0.39 is 95.7 Å². The van der Waals surface area contributed by atoms with E-state index in [0.717, 1.165) is 4.90 Å². The summed E-state index contributed by atoms with van der Waals surface area (Å²) in [6, 6.07) is -7.75. The van der Waals surface area contributed by atoms with E-state index in [9.17, 15) is 48.6 Å². The Morgan fingerprint density at radius 2 is 1.05 bits per heavy atom. The highest BCUT2D eigenvalue weighted by molar-refractivity contribution is 5.97. The maximum Gasteiger partial charge on any atom is 0.246 e. The van der Waals surface area contributed by atoms with E-state index in [-0.39, 0.29) is 67.8 Å². The first kappa shape index (κ1) is 61.7. The third-order valence-electron chi connectivity index (χ3n) is 12.6. The van der Waals surface area contributed by atoms with Crippen molar-refractivity contribution >= 4 is 47.3 Å². The van der Waals surface area contributed by atoms with Gasteiger partial charge in [0.15, 0.2) is 0 Å². The summed E-state index contributed by atoms with van der Waals surface area (Å²) in [6.45, 7) is 23.2. The summed E-state index contributed by atoms with van der Waals surface area (Å²) in [5.74, 6) is -5.43. The Morgan fingerprint density at radius 1 is 0.530 bits per heavy atom. The lowest BCUT2D eigenvalue weighted by atomic mass is 9.91. The van der Waals surface area contributed by atoms with Crippen LogP contribution in [0.25, 0.3) is 0 Å². The van der Waals surface area contributed by atoms with Crippen LogP contribution < -0.4 is 16.0 Å². The molecule has 0 aliphatic heterocycles. The number of aliphatic hydroxyl groups is 2. The summed E-state index contributed by atoms with van der Waals surface area (Å²) < 4.78 is 0. The highest BCUT2D eigenvalue weighted by Crippen LogP contribution is 2.24. The molecule has 0 aliphatic carbocycles. The predicted molar refractivity (Wildman–Crippen MR) is 256 cm³/mol. The van der Waals surface area contributed by atoms with Crippen molar-refractivity contribution in [2.45, 2.75) is 177 Å². The second kappa shape index (κ2) is 28.8. The number of hydrogen-bond donors (Lipinski definition) is 5. The van der Waals surface area contributed by atoms with Crippen LogP contribution in [0.3, 0.4) is 0 Å². The summed E-state index contributed by atoms with van der Waals surface area (Å²) in [5, 5.41) is 29.6. The van der Waals surface area contributed by atoms with Crippen LogP contribution in [-0.4, -0.2) is 179 Å². The van der Waals surface area contributed by atoms with Gasteiger partial charge in [-0.25, -0.2) is 0 Å². The molecule has 8 amide bonds. The Kier molecular flexibility index (Phi) is 26.9. The second-order valence-corrected chi connectivity index (χ2v) is 20.1. The number of hydrogen-bond acceptors (Lipinski definition) is 10. The fraction of sp³-hybridized carbons (Fsp3) is 0.833. The molecule has 0 spiro atoms. The molecule has 0 aromatic carbocycles. The monoisotopic (exact) mass is 939 g/mol. The van der Waals surface area contributed by atoms with Gasteiger partial charge in [0.1, 0.15) is 42.3 Å². The summed E-state index contributed by atoms with van der Waals surface area (Å²) in [5.41, 5.74) is 0. The molecule has 0 rings (SSSR count). The van der Waals surface area contributed by atoms with Gasteiger partial charge in [0.05, 0.1) is 6.10 Å². The van der Waals surface area contributed by atoms with Gasteiger partial charge in [-0.1, -0.05) is 83.1 Å².